The molecule has 3 rings (SSSR count). The highest BCUT2D eigenvalue weighted by Crippen LogP contribution is 2.13. The average Bonchev–Trinajstić information content (AvgIpc) is 2.79. The summed E-state index contributed by atoms with van der Waals surface area (Å²) in [6.45, 7) is 4.15. The number of benzene rings is 1. The van der Waals surface area contributed by atoms with Gasteiger partial charge in [-0.3, -0.25) is 4.98 Å². The summed E-state index contributed by atoms with van der Waals surface area (Å²) in [4.78, 5) is 13.8. The lowest BCUT2D eigenvalue weighted by molar-refractivity contribution is 0.356. The van der Waals surface area contributed by atoms with Gasteiger partial charge in [-0.1, -0.05) is 6.07 Å². The van der Waals surface area contributed by atoms with Crippen molar-refractivity contribution in [3.63, 3.8) is 0 Å². The zero-order valence-electron chi connectivity index (χ0n) is 10.9. The van der Waals surface area contributed by atoms with Crippen LogP contribution in [0.4, 0.5) is 0 Å². The summed E-state index contributed by atoms with van der Waals surface area (Å²) in [6, 6.07) is 5.80. The summed E-state index contributed by atoms with van der Waals surface area (Å²) < 4.78 is 4.98. The molecule has 0 spiro atoms. The highest BCUT2D eigenvalue weighted by atomic mass is 16.4. The van der Waals surface area contributed by atoms with E-state index >= 15 is 0 Å². The molecule has 1 fully saturated rings. The molecule has 0 bridgehead atoms. The summed E-state index contributed by atoms with van der Waals surface area (Å²) in [5.41, 5.74) is 2.55. The number of hydrogen-bond acceptors (Lipinski definition) is 4. The Morgan fingerprint density at radius 3 is 3.00 bits per heavy atom. The Kier molecular flexibility index (Phi) is 3.66. The molecule has 2 aromatic rings. The number of rotatable bonds is 4. The third kappa shape index (κ3) is 3.05. The van der Waals surface area contributed by atoms with E-state index in [1.165, 1.54) is 18.4 Å². The summed E-state index contributed by atoms with van der Waals surface area (Å²) in [7, 11) is 0. The Labute approximate surface area is 111 Å². The molecular weight excluding hydrogens is 242 g/mol. The van der Waals surface area contributed by atoms with Crippen LogP contribution in [-0.4, -0.2) is 24.6 Å². The molecule has 0 unspecified atom stereocenters. The van der Waals surface area contributed by atoms with Crippen molar-refractivity contribution in [2.24, 2.45) is 5.92 Å². The molecule has 1 aromatic heterocycles. The van der Waals surface area contributed by atoms with E-state index in [1.54, 1.807) is 0 Å². The van der Waals surface area contributed by atoms with Crippen molar-refractivity contribution >= 4 is 11.1 Å². The van der Waals surface area contributed by atoms with E-state index in [0.717, 1.165) is 37.6 Å². The number of hydrogen-bond donors (Lipinski definition) is 3. The Hall–Kier alpha value is -1.59. The number of fused-ring (bicyclic) bond motifs is 1. The van der Waals surface area contributed by atoms with Crippen LogP contribution in [0.3, 0.4) is 0 Å². The van der Waals surface area contributed by atoms with Crippen LogP contribution in [0.1, 0.15) is 18.4 Å². The molecule has 102 valence electrons. The first kappa shape index (κ1) is 12.4. The maximum absolute atomic E-state index is 11.1. The fourth-order valence-electron chi connectivity index (χ4n) is 2.62. The smallest absolute Gasteiger partial charge is 0.408 e. The van der Waals surface area contributed by atoms with Gasteiger partial charge in [-0.05, 0) is 56.1 Å². The molecule has 1 aromatic carbocycles. The first-order chi connectivity index (χ1) is 9.31. The fourth-order valence-corrected chi connectivity index (χ4v) is 2.62. The van der Waals surface area contributed by atoms with E-state index in [9.17, 15) is 4.79 Å². The van der Waals surface area contributed by atoms with Gasteiger partial charge in [0.1, 0.15) is 0 Å². The maximum Gasteiger partial charge on any atom is 0.417 e. The quantitative estimate of drug-likeness (QED) is 0.773. The Bertz CT molecular complexity index is 596. The van der Waals surface area contributed by atoms with E-state index in [0.29, 0.717) is 5.58 Å². The van der Waals surface area contributed by atoms with Crippen LogP contribution in [0.15, 0.2) is 27.4 Å². The zero-order valence-corrected chi connectivity index (χ0v) is 10.9. The van der Waals surface area contributed by atoms with Gasteiger partial charge in [-0.15, -0.1) is 0 Å². The first-order valence-electron chi connectivity index (χ1n) is 6.84. The molecular formula is C14H19N3O2. The predicted octanol–water partition coefficient (Wildman–Crippen LogP) is 1.21. The van der Waals surface area contributed by atoms with E-state index in [-0.39, 0.29) is 0 Å². The molecule has 19 heavy (non-hydrogen) atoms. The van der Waals surface area contributed by atoms with Crippen LogP contribution in [-0.2, 0) is 6.54 Å². The second-order valence-electron chi connectivity index (χ2n) is 5.17. The molecule has 0 aliphatic carbocycles. The normalized spacial score (nSPS) is 17.1. The summed E-state index contributed by atoms with van der Waals surface area (Å²) in [5, 5.41) is 6.87. The summed E-state index contributed by atoms with van der Waals surface area (Å²) in [5.74, 6) is 0.383. The lowest BCUT2D eigenvalue weighted by Gasteiger charge is -2.22. The molecule has 5 heteroatoms. The monoisotopic (exact) mass is 261 g/mol. The Morgan fingerprint density at radius 1 is 1.32 bits per heavy atom. The van der Waals surface area contributed by atoms with Gasteiger partial charge in [0.2, 0.25) is 0 Å². The third-order valence-corrected chi connectivity index (χ3v) is 3.70. The molecule has 1 aliphatic heterocycles. The summed E-state index contributed by atoms with van der Waals surface area (Å²) >= 11 is 0. The van der Waals surface area contributed by atoms with Crippen molar-refractivity contribution in [3.05, 3.63) is 34.3 Å². The van der Waals surface area contributed by atoms with Crippen LogP contribution in [0.5, 0.6) is 0 Å². The third-order valence-electron chi connectivity index (χ3n) is 3.70. The van der Waals surface area contributed by atoms with Crippen molar-refractivity contribution < 1.29 is 4.42 Å². The molecule has 0 saturated carbocycles. The molecule has 0 radical (unpaired) electrons. The molecule has 2 heterocycles. The van der Waals surface area contributed by atoms with Crippen LogP contribution in [0.25, 0.3) is 11.1 Å². The second kappa shape index (κ2) is 5.59. The average molecular weight is 261 g/mol. The van der Waals surface area contributed by atoms with E-state index in [4.69, 9.17) is 4.42 Å². The van der Waals surface area contributed by atoms with Gasteiger partial charge in [-0.25, -0.2) is 4.79 Å². The first-order valence-corrected chi connectivity index (χ1v) is 6.84. The second-order valence-corrected chi connectivity index (χ2v) is 5.17. The molecule has 1 saturated heterocycles. The van der Waals surface area contributed by atoms with Crippen molar-refractivity contribution in [1.29, 1.82) is 0 Å². The van der Waals surface area contributed by atoms with Gasteiger partial charge in [-0.2, -0.15) is 0 Å². The number of oxazole rings is 1. The minimum atomic E-state index is -0.394. The van der Waals surface area contributed by atoms with Gasteiger partial charge in [0.15, 0.2) is 5.58 Å². The minimum Gasteiger partial charge on any atom is -0.408 e. The molecule has 3 N–H and O–H groups in total. The minimum absolute atomic E-state index is 0.394. The van der Waals surface area contributed by atoms with E-state index in [2.05, 4.69) is 15.6 Å². The number of piperidine rings is 1. The van der Waals surface area contributed by atoms with Gasteiger partial charge < -0.3 is 15.1 Å². The zero-order chi connectivity index (χ0) is 13.1. The van der Waals surface area contributed by atoms with Gasteiger partial charge >= 0.3 is 5.76 Å². The number of aromatic amines is 1. The number of H-pyrrole nitrogens is 1. The standard InChI is InChI=1S/C14H19N3O2/c18-14-17-12-7-11(1-2-13(12)19-14)9-16-8-10-3-5-15-6-4-10/h1-2,7,10,15-16H,3-6,8-9H2,(H,17,18). The van der Waals surface area contributed by atoms with Gasteiger partial charge in [0.05, 0.1) is 5.52 Å². The largest absolute Gasteiger partial charge is 0.417 e. The predicted molar refractivity (Wildman–Crippen MR) is 74.1 cm³/mol. The molecule has 5 nitrogen and oxygen atoms in total. The maximum atomic E-state index is 11.1. The van der Waals surface area contributed by atoms with Crippen molar-refractivity contribution in [3.8, 4) is 0 Å². The van der Waals surface area contributed by atoms with Crippen LogP contribution in [0.2, 0.25) is 0 Å². The fraction of sp³-hybridized carbons (Fsp3) is 0.500. The SMILES string of the molecule is O=c1[nH]c2cc(CNCC3CCNCC3)ccc2o1. The van der Waals surface area contributed by atoms with Crippen LogP contribution < -0.4 is 16.4 Å². The van der Waals surface area contributed by atoms with Gasteiger partial charge in [0.25, 0.3) is 0 Å². The number of aromatic nitrogens is 1. The summed E-state index contributed by atoms with van der Waals surface area (Å²) in [6.07, 6.45) is 2.50. The Balaban J connectivity index is 1.57. The van der Waals surface area contributed by atoms with Crippen molar-refractivity contribution in [2.75, 3.05) is 19.6 Å². The van der Waals surface area contributed by atoms with Gasteiger partial charge in [0, 0.05) is 6.54 Å². The highest BCUT2D eigenvalue weighted by Gasteiger charge is 2.12. The van der Waals surface area contributed by atoms with Crippen LogP contribution >= 0.6 is 0 Å². The molecule has 0 amide bonds. The van der Waals surface area contributed by atoms with Crippen LogP contribution in [0, 0.1) is 5.92 Å². The van der Waals surface area contributed by atoms with Crippen molar-refractivity contribution in [2.45, 2.75) is 19.4 Å². The van der Waals surface area contributed by atoms with E-state index < -0.39 is 5.76 Å². The lowest BCUT2D eigenvalue weighted by Crippen LogP contribution is -2.33. The highest BCUT2D eigenvalue weighted by molar-refractivity contribution is 5.72. The molecule has 1 aliphatic rings. The topological polar surface area (TPSA) is 70.1 Å². The lowest BCUT2D eigenvalue weighted by atomic mass is 9.98. The number of nitrogens with one attached hydrogen (secondary N) is 3. The van der Waals surface area contributed by atoms with Crippen molar-refractivity contribution in [1.82, 2.24) is 15.6 Å². The molecule has 0 atom stereocenters. The Morgan fingerprint density at radius 2 is 2.16 bits per heavy atom. The van der Waals surface area contributed by atoms with E-state index in [1.807, 2.05) is 18.2 Å².